The Kier molecular flexibility index (Phi) is 9.14. The van der Waals surface area contributed by atoms with Gasteiger partial charge in [0.05, 0.1) is 13.2 Å². The van der Waals surface area contributed by atoms with E-state index in [9.17, 15) is 4.79 Å². The summed E-state index contributed by atoms with van der Waals surface area (Å²) in [5, 5.41) is 6.30. The predicted octanol–water partition coefficient (Wildman–Crippen LogP) is 2.99. The molecule has 7 nitrogen and oxygen atoms in total. The van der Waals surface area contributed by atoms with Gasteiger partial charge in [-0.15, -0.1) is 24.0 Å². The summed E-state index contributed by atoms with van der Waals surface area (Å²) in [6.07, 6.45) is 0.489. The number of hydrogen-bond donors (Lipinski definition) is 2. The normalized spacial score (nSPS) is 17.1. The van der Waals surface area contributed by atoms with Crippen molar-refractivity contribution in [3.8, 4) is 5.75 Å². The molecular weight excluding hydrogens is 459 g/mol. The van der Waals surface area contributed by atoms with E-state index in [-0.39, 0.29) is 36.1 Å². The number of aliphatic imine (C=N–C) groups is 1. The van der Waals surface area contributed by atoms with E-state index in [1.54, 1.807) is 14.2 Å². The Morgan fingerprint density at radius 1 is 1.37 bits per heavy atom. The first kappa shape index (κ1) is 23.3. The fourth-order valence-electron chi connectivity index (χ4n) is 2.84. The monoisotopic (exact) mass is 490 g/mol. The van der Waals surface area contributed by atoms with E-state index < -0.39 is 5.60 Å². The quantitative estimate of drug-likeness (QED) is 0.386. The molecule has 1 atom stereocenters. The van der Waals surface area contributed by atoms with E-state index in [0.29, 0.717) is 13.1 Å². The number of alkyl carbamates (subject to hydrolysis) is 1. The topological polar surface area (TPSA) is 75.2 Å². The summed E-state index contributed by atoms with van der Waals surface area (Å²) in [6, 6.07) is 7.98. The minimum Gasteiger partial charge on any atom is -0.497 e. The van der Waals surface area contributed by atoms with Gasteiger partial charge in [0.25, 0.3) is 0 Å². The summed E-state index contributed by atoms with van der Waals surface area (Å²) < 4.78 is 10.6. The average Bonchev–Trinajstić information content (AvgIpc) is 3.02. The zero-order chi connectivity index (χ0) is 19.2. The summed E-state index contributed by atoms with van der Waals surface area (Å²) >= 11 is 0. The molecule has 27 heavy (non-hydrogen) atoms. The molecule has 1 fully saturated rings. The number of halogens is 1. The number of benzene rings is 1. The molecular formula is C19H31IN4O3. The zero-order valence-electron chi connectivity index (χ0n) is 16.7. The average molecular weight is 490 g/mol. The summed E-state index contributed by atoms with van der Waals surface area (Å²) in [5.74, 6) is 1.66. The minimum absolute atomic E-state index is 0. The van der Waals surface area contributed by atoms with Gasteiger partial charge in [-0.3, -0.25) is 4.99 Å². The highest BCUT2D eigenvalue weighted by Gasteiger charge is 2.27. The first-order valence-electron chi connectivity index (χ1n) is 8.89. The molecule has 1 aliphatic heterocycles. The molecule has 0 radical (unpaired) electrons. The number of ether oxygens (including phenoxy) is 2. The fraction of sp³-hybridized carbons (Fsp3) is 0.579. The number of nitrogens with one attached hydrogen (secondary N) is 2. The Morgan fingerprint density at radius 2 is 2.11 bits per heavy atom. The van der Waals surface area contributed by atoms with Crippen LogP contribution in [0.5, 0.6) is 5.75 Å². The van der Waals surface area contributed by atoms with E-state index in [2.05, 4.69) is 20.5 Å². The van der Waals surface area contributed by atoms with Crippen LogP contribution in [0.3, 0.4) is 0 Å². The molecule has 1 saturated heterocycles. The van der Waals surface area contributed by atoms with Gasteiger partial charge in [0.15, 0.2) is 5.96 Å². The van der Waals surface area contributed by atoms with Crippen molar-refractivity contribution in [2.75, 3.05) is 27.2 Å². The second-order valence-corrected chi connectivity index (χ2v) is 7.33. The first-order chi connectivity index (χ1) is 12.3. The van der Waals surface area contributed by atoms with Crippen molar-refractivity contribution < 1.29 is 14.3 Å². The Hall–Kier alpha value is -1.71. The van der Waals surface area contributed by atoms with Crippen molar-refractivity contribution >= 4 is 36.0 Å². The molecule has 8 heteroatoms. The van der Waals surface area contributed by atoms with Gasteiger partial charge in [0.2, 0.25) is 0 Å². The van der Waals surface area contributed by atoms with Crippen molar-refractivity contribution in [2.45, 2.75) is 45.4 Å². The molecule has 1 aromatic rings. The van der Waals surface area contributed by atoms with Gasteiger partial charge in [0, 0.05) is 26.7 Å². The first-order valence-corrected chi connectivity index (χ1v) is 8.89. The van der Waals surface area contributed by atoms with Crippen LogP contribution in [-0.4, -0.2) is 55.8 Å². The second kappa shape index (κ2) is 10.6. The van der Waals surface area contributed by atoms with Crippen molar-refractivity contribution in [1.29, 1.82) is 0 Å². The van der Waals surface area contributed by atoms with Crippen LogP contribution in [0.2, 0.25) is 0 Å². The SMILES string of the molecule is CN=C(NCc1cccc(OC)c1)N1CCC(NC(=O)OC(C)(C)C)C1.I. The molecule has 152 valence electrons. The van der Waals surface area contributed by atoms with Crippen LogP contribution in [0.4, 0.5) is 4.79 Å². The third kappa shape index (κ3) is 7.82. The van der Waals surface area contributed by atoms with Crippen LogP contribution in [0, 0.1) is 0 Å². The summed E-state index contributed by atoms with van der Waals surface area (Å²) in [6.45, 7) is 7.77. The minimum atomic E-state index is -0.489. The molecule has 1 unspecified atom stereocenters. The van der Waals surface area contributed by atoms with Gasteiger partial charge in [-0.25, -0.2) is 4.79 Å². The molecule has 2 rings (SSSR count). The molecule has 0 aromatic heterocycles. The number of nitrogens with zero attached hydrogens (tertiary/aromatic N) is 2. The highest BCUT2D eigenvalue weighted by molar-refractivity contribution is 14.0. The van der Waals surface area contributed by atoms with E-state index in [4.69, 9.17) is 9.47 Å². The third-order valence-electron chi connectivity index (χ3n) is 4.01. The number of likely N-dealkylation sites (tertiary alicyclic amines) is 1. The summed E-state index contributed by atoms with van der Waals surface area (Å²) in [7, 11) is 3.43. The molecule has 1 aliphatic rings. The lowest BCUT2D eigenvalue weighted by Gasteiger charge is -2.23. The molecule has 1 heterocycles. The maximum atomic E-state index is 11.9. The Bertz CT molecular complexity index is 646. The van der Waals surface area contributed by atoms with Crippen LogP contribution in [0.25, 0.3) is 0 Å². The summed E-state index contributed by atoms with van der Waals surface area (Å²) in [5.41, 5.74) is 0.629. The number of carbonyl (C=O) groups excluding carboxylic acids is 1. The largest absolute Gasteiger partial charge is 0.497 e. The van der Waals surface area contributed by atoms with E-state index in [1.807, 2.05) is 45.0 Å². The molecule has 1 aromatic carbocycles. The second-order valence-electron chi connectivity index (χ2n) is 7.33. The Labute approximate surface area is 178 Å². The van der Waals surface area contributed by atoms with Crippen LogP contribution in [0.15, 0.2) is 29.3 Å². The highest BCUT2D eigenvalue weighted by atomic mass is 127. The fourth-order valence-corrected chi connectivity index (χ4v) is 2.84. The number of rotatable bonds is 4. The van der Waals surface area contributed by atoms with Gasteiger partial charge in [-0.1, -0.05) is 12.1 Å². The van der Waals surface area contributed by atoms with Crippen molar-refractivity contribution in [3.05, 3.63) is 29.8 Å². The van der Waals surface area contributed by atoms with E-state index in [1.165, 1.54) is 0 Å². The van der Waals surface area contributed by atoms with E-state index in [0.717, 1.165) is 30.2 Å². The predicted molar refractivity (Wildman–Crippen MR) is 118 cm³/mol. The molecule has 0 spiro atoms. The molecule has 2 N–H and O–H groups in total. The maximum absolute atomic E-state index is 11.9. The smallest absolute Gasteiger partial charge is 0.407 e. The Morgan fingerprint density at radius 3 is 2.74 bits per heavy atom. The molecule has 1 amide bonds. The van der Waals surface area contributed by atoms with Gasteiger partial charge in [-0.2, -0.15) is 0 Å². The number of methoxy groups -OCH3 is 1. The van der Waals surface area contributed by atoms with Crippen LogP contribution in [0.1, 0.15) is 32.8 Å². The standard InChI is InChI=1S/C19H30N4O3.HI/c1-19(2,3)26-18(24)22-15-9-10-23(13-15)17(20-4)21-12-14-7-6-8-16(11-14)25-5;/h6-8,11,15H,9-10,12-13H2,1-5H3,(H,20,21)(H,22,24);1H. The van der Waals surface area contributed by atoms with Crippen LogP contribution >= 0.6 is 24.0 Å². The lowest BCUT2D eigenvalue weighted by molar-refractivity contribution is 0.0507. The number of carbonyl (C=O) groups is 1. The van der Waals surface area contributed by atoms with Gasteiger partial charge >= 0.3 is 6.09 Å². The maximum Gasteiger partial charge on any atom is 0.407 e. The highest BCUT2D eigenvalue weighted by Crippen LogP contribution is 2.14. The van der Waals surface area contributed by atoms with Crippen LogP contribution < -0.4 is 15.4 Å². The number of hydrogen-bond acceptors (Lipinski definition) is 4. The summed E-state index contributed by atoms with van der Waals surface area (Å²) in [4.78, 5) is 18.4. The Balaban J connectivity index is 0.00000364. The molecule has 0 saturated carbocycles. The van der Waals surface area contributed by atoms with Gasteiger partial charge < -0.3 is 25.0 Å². The molecule has 0 bridgehead atoms. The van der Waals surface area contributed by atoms with Crippen molar-refractivity contribution in [3.63, 3.8) is 0 Å². The van der Waals surface area contributed by atoms with Gasteiger partial charge in [-0.05, 0) is 44.9 Å². The number of amides is 1. The number of guanidine groups is 1. The lowest BCUT2D eigenvalue weighted by Crippen LogP contribution is -2.44. The van der Waals surface area contributed by atoms with Crippen LogP contribution in [-0.2, 0) is 11.3 Å². The van der Waals surface area contributed by atoms with Crippen molar-refractivity contribution in [2.24, 2.45) is 4.99 Å². The van der Waals surface area contributed by atoms with Crippen molar-refractivity contribution in [1.82, 2.24) is 15.5 Å². The lowest BCUT2D eigenvalue weighted by atomic mass is 10.2. The third-order valence-corrected chi connectivity index (χ3v) is 4.01. The zero-order valence-corrected chi connectivity index (χ0v) is 19.1. The molecule has 0 aliphatic carbocycles. The van der Waals surface area contributed by atoms with Gasteiger partial charge in [0.1, 0.15) is 11.4 Å². The van der Waals surface area contributed by atoms with E-state index >= 15 is 0 Å².